The largest absolute Gasteiger partial charge is 0.388 e. The van der Waals surface area contributed by atoms with Crippen molar-refractivity contribution in [3.8, 4) is 17.3 Å². The average Bonchev–Trinajstić information content (AvgIpc) is 2.83. The summed E-state index contributed by atoms with van der Waals surface area (Å²) in [5.41, 5.74) is 4.11. The molecular weight excluding hydrogens is 436 g/mol. The van der Waals surface area contributed by atoms with E-state index in [9.17, 15) is 4.79 Å². The van der Waals surface area contributed by atoms with E-state index in [0.29, 0.717) is 24.7 Å². The smallest absolute Gasteiger partial charge is 0.252 e. The third-order valence-corrected chi connectivity index (χ3v) is 5.93. The molecule has 0 atom stereocenters. The van der Waals surface area contributed by atoms with Crippen molar-refractivity contribution in [1.29, 1.82) is 5.26 Å². The normalized spacial score (nSPS) is 16.1. The second-order valence-electron chi connectivity index (χ2n) is 9.81. The standard InChI is InChI=1S/C23H26B4N6O2/c24-22(25)13-35-14-23(26,27)33(22)18-7-5-17(6-8-18)31-21-30-11-9-19(32-21)15-1-3-16(4-2-15)20(34)29-12-10-28/h1-9,11H,12-14,24-27H2,(H,29,34)(H,30,31,32). The number of carbonyl (C=O) groups excluding carboxylic acids is 1. The lowest BCUT2D eigenvalue weighted by Crippen LogP contribution is -2.70. The number of nitrogens with zero attached hydrogens (tertiary/aromatic N) is 4. The van der Waals surface area contributed by atoms with E-state index in [2.05, 4.69) is 69.0 Å². The molecule has 3 aromatic rings. The number of hydrogen-bond acceptors (Lipinski definition) is 7. The fraction of sp³-hybridized carbons (Fsp3) is 0.217. The predicted molar refractivity (Wildman–Crippen MR) is 148 cm³/mol. The first kappa shape index (κ1) is 24.4. The van der Waals surface area contributed by atoms with Crippen LogP contribution in [0.25, 0.3) is 11.3 Å². The molecule has 2 N–H and O–H groups in total. The molecule has 2 heterocycles. The van der Waals surface area contributed by atoms with Crippen LogP contribution in [-0.4, -0.2) is 77.7 Å². The molecule has 2 aromatic carbocycles. The fourth-order valence-corrected chi connectivity index (χ4v) is 4.61. The molecule has 12 heteroatoms. The summed E-state index contributed by atoms with van der Waals surface area (Å²) in [4.78, 5) is 23.4. The molecule has 8 nitrogen and oxygen atoms in total. The van der Waals surface area contributed by atoms with Crippen molar-refractivity contribution < 1.29 is 9.53 Å². The summed E-state index contributed by atoms with van der Waals surface area (Å²) in [6.07, 6.45) is 1.70. The van der Waals surface area contributed by atoms with Gasteiger partial charge in [0.05, 0.1) is 25.0 Å². The molecule has 0 bridgehead atoms. The average molecular weight is 462 g/mol. The van der Waals surface area contributed by atoms with Crippen molar-refractivity contribution in [2.75, 3.05) is 30.0 Å². The van der Waals surface area contributed by atoms with E-state index in [-0.39, 0.29) is 23.1 Å². The van der Waals surface area contributed by atoms with E-state index in [1.54, 1.807) is 18.3 Å². The maximum absolute atomic E-state index is 12.0. The van der Waals surface area contributed by atoms with Crippen molar-refractivity contribution in [1.82, 2.24) is 15.3 Å². The Morgan fingerprint density at radius 1 is 1.03 bits per heavy atom. The number of morpholine rings is 1. The first-order valence-corrected chi connectivity index (χ1v) is 11.5. The molecule has 4 rings (SSSR count). The minimum absolute atomic E-state index is 0.0233. The van der Waals surface area contributed by atoms with Gasteiger partial charge in [-0.25, -0.2) is 9.97 Å². The maximum Gasteiger partial charge on any atom is 0.252 e. The molecule has 1 aromatic heterocycles. The molecule has 1 aliphatic heterocycles. The van der Waals surface area contributed by atoms with E-state index in [1.165, 1.54) is 0 Å². The number of rotatable bonds is 6. The van der Waals surface area contributed by atoms with E-state index < -0.39 is 0 Å². The van der Waals surface area contributed by atoms with Gasteiger partial charge in [0.15, 0.2) is 0 Å². The zero-order valence-corrected chi connectivity index (χ0v) is 20.5. The van der Waals surface area contributed by atoms with Gasteiger partial charge in [0.2, 0.25) is 5.95 Å². The molecule has 0 spiro atoms. The van der Waals surface area contributed by atoms with Crippen LogP contribution in [0.1, 0.15) is 10.4 Å². The molecule has 1 amide bonds. The lowest BCUT2D eigenvalue weighted by molar-refractivity contribution is 0.0834. The summed E-state index contributed by atoms with van der Waals surface area (Å²) in [6.45, 7) is 1.34. The lowest BCUT2D eigenvalue weighted by Gasteiger charge is -2.55. The van der Waals surface area contributed by atoms with Gasteiger partial charge in [-0.15, -0.1) is 0 Å². The summed E-state index contributed by atoms with van der Waals surface area (Å²) in [7, 11) is 8.80. The molecule has 0 unspecified atom stereocenters. The number of benzene rings is 2. The van der Waals surface area contributed by atoms with Gasteiger partial charge in [-0.3, -0.25) is 4.79 Å². The molecule has 0 saturated carbocycles. The van der Waals surface area contributed by atoms with Crippen LogP contribution in [0.2, 0.25) is 0 Å². The monoisotopic (exact) mass is 462 g/mol. The number of carbonyl (C=O) groups is 1. The summed E-state index contributed by atoms with van der Waals surface area (Å²) in [6, 6.07) is 19.1. The van der Waals surface area contributed by atoms with E-state index in [1.807, 2.05) is 36.4 Å². The molecule has 35 heavy (non-hydrogen) atoms. The van der Waals surface area contributed by atoms with Crippen LogP contribution in [0.4, 0.5) is 17.3 Å². The van der Waals surface area contributed by atoms with Gasteiger partial charge in [0.25, 0.3) is 5.91 Å². The Kier molecular flexibility index (Phi) is 6.90. The minimum Gasteiger partial charge on any atom is -0.388 e. The minimum atomic E-state index is -0.282. The van der Waals surface area contributed by atoms with Gasteiger partial charge in [-0.2, -0.15) is 5.26 Å². The highest BCUT2D eigenvalue weighted by molar-refractivity contribution is 6.47. The van der Waals surface area contributed by atoms with Crippen molar-refractivity contribution in [3.05, 3.63) is 66.4 Å². The second kappa shape index (κ2) is 9.88. The highest BCUT2D eigenvalue weighted by atomic mass is 16.5. The molecular formula is C23H26B4N6O2. The number of ether oxygens (including phenoxy) is 1. The lowest BCUT2D eigenvalue weighted by atomic mass is 9.51. The van der Waals surface area contributed by atoms with Crippen LogP contribution in [0, 0.1) is 11.3 Å². The van der Waals surface area contributed by atoms with Crippen LogP contribution in [0.5, 0.6) is 0 Å². The second-order valence-corrected chi connectivity index (χ2v) is 9.81. The van der Waals surface area contributed by atoms with Crippen LogP contribution in [-0.2, 0) is 4.74 Å². The summed E-state index contributed by atoms with van der Waals surface area (Å²) >= 11 is 0. The van der Waals surface area contributed by atoms with Gasteiger partial charge in [0, 0.05) is 39.4 Å². The summed E-state index contributed by atoms with van der Waals surface area (Å²) < 4.78 is 5.83. The molecule has 0 radical (unpaired) electrons. The predicted octanol–water partition coefficient (Wildman–Crippen LogP) is -1.18. The first-order valence-electron chi connectivity index (χ1n) is 11.5. The number of amides is 1. The SMILES string of the molecule is BC1(B)COCC(B)(B)N1c1ccc(Nc2nccc(-c3ccc(C(=O)NCC#N)cc3)n2)cc1. The van der Waals surface area contributed by atoms with Gasteiger partial charge in [0.1, 0.15) is 37.9 Å². The van der Waals surface area contributed by atoms with Crippen molar-refractivity contribution in [2.45, 2.75) is 10.7 Å². The van der Waals surface area contributed by atoms with Crippen molar-refractivity contribution in [2.24, 2.45) is 0 Å². The van der Waals surface area contributed by atoms with Crippen LogP contribution in [0.3, 0.4) is 0 Å². The van der Waals surface area contributed by atoms with Crippen LogP contribution in [0.15, 0.2) is 60.8 Å². The number of anilines is 3. The maximum atomic E-state index is 12.0. The first-order chi connectivity index (χ1) is 16.7. The zero-order chi connectivity index (χ0) is 25.1. The Morgan fingerprint density at radius 3 is 2.31 bits per heavy atom. The quantitative estimate of drug-likeness (QED) is 0.352. The van der Waals surface area contributed by atoms with Crippen molar-refractivity contribution >= 4 is 54.6 Å². The highest BCUT2D eigenvalue weighted by Crippen LogP contribution is 2.32. The van der Waals surface area contributed by atoms with Gasteiger partial charge < -0.3 is 20.3 Å². The van der Waals surface area contributed by atoms with E-state index in [0.717, 1.165) is 22.6 Å². The fourth-order valence-electron chi connectivity index (χ4n) is 4.61. The van der Waals surface area contributed by atoms with E-state index in [4.69, 9.17) is 10.00 Å². The number of aromatic nitrogens is 2. The van der Waals surface area contributed by atoms with Gasteiger partial charge in [-0.05, 0) is 42.5 Å². The number of hydrogen-bond donors (Lipinski definition) is 2. The Balaban J connectivity index is 1.48. The number of nitriles is 1. The summed E-state index contributed by atoms with van der Waals surface area (Å²) in [5, 5.41) is 14.2. The van der Waals surface area contributed by atoms with Crippen molar-refractivity contribution in [3.63, 3.8) is 0 Å². The Bertz CT molecular complexity index is 1230. The van der Waals surface area contributed by atoms with Gasteiger partial charge in [-0.1, -0.05) is 12.1 Å². The molecule has 1 aliphatic rings. The molecule has 0 aliphatic carbocycles. The van der Waals surface area contributed by atoms with Crippen LogP contribution >= 0.6 is 0 Å². The Morgan fingerprint density at radius 2 is 1.69 bits per heavy atom. The van der Waals surface area contributed by atoms with Gasteiger partial charge >= 0.3 is 0 Å². The third-order valence-electron chi connectivity index (χ3n) is 5.93. The molecule has 172 valence electrons. The zero-order valence-electron chi connectivity index (χ0n) is 20.5. The Labute approximate surface area is 209 Å². The highest BCUT2D eigenvalue weighted by Gasteiger charge is 2.41. The molecule has 1 saturated heterocycles. The van der Waals surface area contributed by atoms with E-state index >= 15 is 0 Å². The van der Waals surface area contributed by atoms with Crippen LogP contribution < -0.4 is 15.5 Å². The Hall–Kier alpha value is -3.70. The third kappa shape index (κ3) is 5.52. The topological polar surface area (TPSA) is 103 Å². The number of nitrogens with one attached hydrogen (secondary N) is 2. The molecule has 1 fully saturated rings. The summed E-state index contributed by atoms with van der Waals surface area (Å²) in [5.74, 6) is 0.202.